The minimum absolute atomic E-state index is 0.190. The van der Waals surface area contributed by atoms with Gasteiger partial charge in [0.15, 0.2) is 0 Å². The number of amides is 2. The monoisotopic (exact) mass is 287 g/mol. The van der Waals surface area contributed by atoms with Crippen LogP contribution in [0.2, 0.25) is 0 Å². The zero-order valence-corrected chi connectivity index (χ0v) is 11.0. The second kappa shape index (κ2) is 3.15. The van der Waals surface area contributed by atoms with Crippen molar-refractivity contribution in [1.82, 2.24) is 4.90 Å². The molecule has 0 aromatic carbocycles. The van der Waals surface area contributed by atoms with Crippen LogP contribution in [-0.4, -0.2) is 16.7 Å². The normalized spacial score (nSPS) is 18.1. The second-order valence-electron chi connectivity index (χ2n) is 4.01. The van der Waals surface area contributed by atoms with Gasteiger partial charge in [-0.25, -0.2) is 0 Å². The van der Waals surface area contributed by atoms with Crippen LogP contribution in [0.4, 0.5) is 0 Å². The maximum atomic E-state index is 12.0. The number of imide groups is 1. The maximum Gasteiger partial charge on any atom is 0.262 e. The summed E-state index contributed by atoms with van der Waals surface area (Å²) in [7, 11) is 0. The largest absolute Gasteiger partial charge is 0.275 e. The Morgan fingerprint density at radius 3 is 2.60 bits per heavy atom. The molecule has 1 aliphatic rings. The third kappa shape index (κ3) is 1.37. The van der Waals surface area contributed by atoms with Crippen LogP contribution in [0.25, 0.3) is 0 Å². The van der Waals surface area contributed by atoms with Crippen molar-refractivity contribution in [2.24, 2.45) is 0 Å². The molecule has 0 fully saturated rings. The lowest BCUT2D eigenvalue weighted by atomic mass is 10.0. The number of hydrogen-bond acceptors (Lipinski definition) is 3. The van der Waals surface area contributed by atoms with Crippen molar-refractivity contribution < 1.29 is 9.59 Å². The number of thiophene rings is 1. The standard InChI is InChI=1S/C10H10BrNO2S/c1-5(13)12-9(14)6-4-7(11)15-8(6)10(12,2)3/h4H,1-3H3. The first-order chi connectivity index (χ1) is 6.85. The molecule has 0 spiro atoms. The van der Waals surface area contributed by atoms with Crippen LogP contribution in [0.15, 0.2) is 9.85 Å². The second-order valence-corrected chi connectivity index (χ2v) is 6.44. The lowest BCUT2D eigenvalue weighted by Gasteiger charge is -2.29. The molecule has 0 radical (unpaired) electrons. The van der Waals surface area contributed by atoms with Gasteiger partial charge in [0, 0.05) is 11.8 Å². The zero-order chi connectivity index (χ0) is 11.4. The van der Waals surface area contributed by atoms with Gasteiger partial charge >= 0.3 is 0 Å². The Balaban J connectivity index is 2.62. The van der Waals surface area contributed by atoms with Gasteiger partial charge < -0.3 is 0 Å². The molecule has 1 aromatic rings. The van der Waals surface area contributed by atoms with Crippen LogP contribution in [0, 0.1) is 0 Å². The van der Waals surface area contributed by atoms with E-state index in [9.17, 15) is 9.59 Å². The Labute approximate surface area is 100 Å². The van der Waals surface area contributed by atoms with Crippen LogP contribution in [0.5, 0.6) is 0 Å². The van der Waals surface area contributed by atoms with E-state index in [0.717, 1.165) is 8.66 Å². The Hall–Kier alpha value is -0.680. The van der Waals surface area contributed by atoms with Gasteiger partial charge in [0.2, 0.25) is 5.91 Å². The molecule has 0 atom stereocenters. The molecule has 5 heteroatoms. The number of nitrogens with zero attached hydrogens (tertiary/aromatic N) is 1. The Kier molecular flexibility index (Phi) is 2.28. The predicted molar refractivity (Wildman–Crippen MR) is 61.9 cm³/mol. The van der Waals surface area contributed by atoms with Gasteiger partial charge in [-0.05, 0) is 35.8 Å². The van der Waals surface area contributed by atoms with E-state index in [0.29, 0.717) is 5.56 Å². The van der Waals surface area contributed by atoms with E-state index in [2.05, 4.69) is 15.9 Å². The quantitative estimate of drug-likeness (QED) is 0.736. The number of fused-ring (bicyclic) bond motifs is 1. The minimum atomic E-state index is -0.519. The molecule has 80 valence electrons. The van der Waals surface area contributed by atoms with E-state index in [1.54, 1.807) is 6.07 Å². The summed E-state index contributed by atoms with van der Waals surface area (Å²) in [6.07, 6.45) is 0. The molecule has 0 unspecified atom stereocenters. The van der Waals surface area contributed by atoms with Crippen molar-refractivity contribution in [2.45, 2.75) is 26.3 Å². The summed E-state index contributed by atoms with van der Waals surface area (Å²) >= 11 is 4.87. The molecule has 0 saturated heterocycles. The molecule has 0 saturated carbocycles. The lowest BCUT2D eigenvalue weighted by molar-refractivity contribution is -0.130. The summed E-state index contributed by atoms with van der Waals surface area (Å²) in [4.78, 5) is 25.7. The van der Waals surface area contributed by atoms with Crippen LogP contribution < -0.4 is 0 Å². The first kappa shape index (κ1) is 10.8. The van der Waals surface area contributed by atoms with E-state index in [4.69, 9.17) is 0 Å². The van der Waals surface area contributed by atoms with Crippen molar-refractivity contribution >= 4 is 39.1 Å². The number of rotatable bonds is 0. The average molecular weight is 288 g/mol. The van der Waals surface area contributed by atoms with Crippen LogP contribution >= 0.6 is 27.3 Å². The number of halogens is 1. The Morgan fingerprint density at radius 2 is 2.13 bits per heavy atom. The Bertz CT molecular complexity index is 464. The van der Waals surface area contributed by atoms with Crippen LogP contribution in [0.1, 0.15) is 36.0 Å². The van der Waals surface area contributed by atoms with Crippen molar-refractivity contribution in [1.29, 1.82) is 0 Å². The molecule has 0 aliphatic carbocycles. The lowest BCUT2D eigenvalue weighted by Crippen LogP contribution is -2.42. The first-order valence-corrected chi connectivity index (χ1v) is 6.11. The molecule has 2 rings (SSSR count). The van der Waals surface area contributed by atoms with Gasteiger partial charge in [-0.1, -0.05) is 0 Å². The van der Waals surface area contributed by atoms with Gasteiger partial charge in [-0.15, -0.1) is 11.3 Å². The molecule has 15 heavy (non-hydrogen) atoms. The predicted octanol–water partition coefficient (Wildman–Crippen LogP) is 2.75. The van der Waals surface area contributed by atoms with Gasteiger partial charge in [0.25, 0.3) is 5.91 Å². The molecule has 2 heterocycles. The van der Waals surface area contributed by atoms with E-state index in [1.165, 1.54) is 23.2 Å². The van der Waals surface area contributed by atoms with Crippen molar-refractivity contribution in [3.05, 3.63) is 20.3 Å². The highest BCUT2D eigenvalue weighted by Crippen LogP contribution is 2.44. The van der Waals surface area contributed by atoms with E-state index in [1.807, 2.05) is 13.8 Å². The number of hydrogen-bond donors (Lipinski definition) is 0. The topological polar surface area (TPSA) is 37.4 Å². The van der Waals surface area contributed by atoms with E-state index in [-0.39, 0.29) is 11.8 Å². The van der Waals surface area contributed by atoms with E-state index < -0.39 is 5.54 Å². The highest BCUT2D eigenvalue weighted by Gasteiger charge is 2.46. The molecule has 1 aliphatic heterocycles. The number of carbonyl (C=O) groups is 2. The smallest absolute Gasteiger partial charge is 0.262 e. The van der Waals surface area contributed by atoms with Gasteiger partial charge in [0.1, 0.15) is 0 Å². The Morgan fingerprint density at radius 1 is 1.53 bits per heavy atom. The summed E-state index contributed by atoms with van der Waals surface area (Å²) in [5.41, 5.74) is 0.127. The third-order valence-electron chi connectivity index (χ3n) is 2.57. The van der Waals surface area contributed by atoms with Crippen LogP contribution in [-0.2, 0) is 10.3 Å². The summed E-state index contributed by atoms with van der Waals surface area (Å²) in [6.45, 7) is 5.20. The molecule has 1 aromatic heterocycles. The molecular formula is C10H10BrNO2S. The zero-order valence-electron chi connectivity index (χ0n) is 8.63. The molecular weight excluding hydrogens is 278 g/mol. The minimum Gasteiger partial charge on any atom is -0.275 e. The van der Waals surface area contributed by atoms with Crippen molar-refractivity contribution in [3.63, 3.8) is 0 Å². The molecule has 0 N–H and O–H groups in total. The fourth-order valence-corrected chi connectivity index (χ4v) is 3.67. The fourth-order valence-electron chi connectivity index (χ4n) is 1.99. The van der Waals surface area contributed by atoms with Crippen molar-refractivity contribution in [3.8, 4) is 0 Å². The summed E-state index contributed by atoms with van der Waals surface area (Å²) in [5, 5.41) is 0. The van der Waals surface area contributed by atoms with Crippen molar-refractivity contribution in [2.75, 3.05) is 0 Å². The van der Waals surface area contributed by atoms with E-state index >= 15 is 0 Å². The van der Waals surface area contributed by atoms with Gasteiger partial charge in [-0.3, -0.25) is 14.5 Å². The fraction of sp³-hybridized carbons (Fsp3) is 0.400. The molecule has 3 nitrogen and oxygen atoms in total. The average Bonchev–Trinajstić information content (AvgIpc) is 2.52. The molecule has 2 amide bonds. The highest BCUT2D eigenvalue weighted by molar-refractivity contribution is 9.11. The number of carbonyl (C=O) groups excluding carboxylic acids is 2. The first-order valence-electron chi connectivity index (χ1n) is 4.50. The maximum absolute atomic E-state index is 12.0. The highest BCUT2D eigenvalue weighted by atomic mass is 79.9. The summed E-state index contributed by atoms with van der Waals surface area (Å²) in [6, 6.07) is 1.78. The summed E-state index contributed by atoms with van der Waals surface area (Å²) < 4.78 is 0.928. The third-order valence-corrected chi connectivity index (χ3v) is 4.52. The SMILES string of the molecule is CC(=O)N1C(=O)c2cc(Br)sc2C1(C)C. The molecule has 0 bridgehead atoms. The van der Waals surface area contributed by atoms with Gasteiger partial charge in [0.05, 0.1) is 14.9 Å². The van der Waals surface area contributed by atoms with Crippen LogP contribution in [0.3, 0.4) is 0 Å². The summed E-state index contributed by atoms with van der Waals surface area (Å²) in [5.74, 6) is -0.394. The van der Waals surface area contributed by atoms with Gasteiger partial charge in [-0.2, -0.15) is 0 Å².